The largest absolute Gasteiger partial charge is 0.480 e. The second-order valence-corrected chi connectivity index (χ2v) is 8.18. The zero-order valence-electron chi connectivity index (χ0n) is 14.2. The zero-order chi connectivity index (χ0) is 18.6. The Bertz CT molecular complexity index is 831. The Morgan fingerprint density at radius 2 is 1.88 bits per heavy atom. The van der Waals surface area contributed by atoms with E-state index in [0.29, 0.717) is 18.8 Å². The van der Waals surface area contributed by atoms with Crippen molar-refractivity contribution < 1.29 is 18.3 Å². The van der Waals surface area contributed by atoms with Crippen LogP contribution in [0.2, 0.25) is 0 Å². The maximum Gasteiger partial charge on any atom is 0.319 e. The molecule has 0 radical (unpaired) electrons. The molecule has 9 heteroatoms. The van der Waals surface area contributed by atoms with E-state index in [0.717, 1.165) is 5.56 Å². The predicted molar refractivity (Wildman–Crippen MR) is 91.6 cm³/mol. The van der Waals surface area contributed by atoms with Gasteiger partial charge in [0.15, 0.2) is 11.6 Å². The molecule has 0 saturated carbocycles. The Morgan fingerprint density at radius 1 is 1.24 bits per heavy atom. The quantitative estimate of drug-likeness (QED) is 0.714. The number of rotatable bonds is 8. The Kier molecular flexibility index (Phi) is 5.91. The van der Waals surface area contributed by atoms with E-state index in [1.807, 2.05) is 44.2 Å². The van der Waals surface area contributed by atoms with Crippen molar-refractivity contribution in [3.8, 4) is 0 Å². The lowest BCUT2D eigenvalue weighted by molar-refractivity contribution is -0.134. The van der Waals surface area contributed by atoms with E-state index < -0.39 is 27.6 Å². The van der Waals surface area contributed by atoms with Gasteiger partial charge in [0.1, 0.15) is 0 Å². The number of nitrogens with zero attached hydrogens (tertiary/aromatic N) is 3. The summed E-state index contributed by atoms with van der Waals surface area (Å²) in [6, 6.07) is 8.97. The van der Waals surface area contributed by atoms with E-state index in [9.17, 15) is 13.2 Å². The number of aliphatic carboxylic acids is 1. The fourth-order valence-corrected chi connectivity index (χ4v) is 3.65. The van der Waals surface area contributed by atoms with Crippen molar-refractivity contribution in [1.82, 2.24) is 14.8 Å². The van der Waals surface area contributed by atoms with Gasteiger partial charge < -0.3 is 15.4 Å². The van der Waals surface area contributed by atoms with Crippen molar-refractivity contribution >= 4 is 15.8 Å². The smallest absolute Gasteiger partial charge is 0.319 e. The summed E-state index contributed by atoms with van der Waals surface area (Å²) < 4.78 is 26.0. The van der Waals surface area contributed by atoms with E-state index in [2.05, 4.69) is 10.2 Å². The van der Waals surface area contributed by atoms with Crippen LogP contribution in [0.25, 0.3) is 0 Å². The highest BCUT2D eigenvalue weighted by molar-refractivity contribution is 7.91. The number of hydrogen-bond donors (Lipinski definition) is 2. The Morgan fingerprint density at radius 3 is 2.44 bits per heavy atom. The topological polar surface area (TPSA) is 128 Å². The number of benzene rings is 1. The summed E-state index contributed by atoms with van der Waals surface area (Å²) in [6.45, 7) is 4.17. The minimum atomic E-state index is -4.09. The van der Waals surface area contributed by atoms with Crippen LogP contribution in [0.15, 0.2) is 35.5 Å². The minimum Gasteiger partial charge on any atom is -0.480 e. The molecule has 0 amide bonds. The number of carboxylic acids is 1. The first-order valence-corrected chi connectivity index (χ1v) is 9.53. The molecule has 136 valence electrons. The van der Waals surface area contributed by atoms with Crippen LogP contribution in [0.3, 0.4) is 0 Å². The molecular formula is C16H22N4O4S. The number of sulfone groups is 1. The van der Waals surface area contributed by atoms with Crippen molar-refractivity contribution in [3.05, 3.63) is 41.7 Å². The monoisotopic (exact) mass is 366 g/mol. The summed E-state index contributed by atoms with van der Waals surface area (Å²) in [5.41, 5.74) is 7.22. The summed E-state index contributed by atoms with van der Waals surface area (Å²) in [5.74, 6) is -2.02. The van der Waals surface area contributed by atoms with Crippen molar-refractivity contribution in [2.75, 3.05) is 5.75 Å². The first-order valence-electron chi connectivity index (χ1n) is 7.88. The standard InChI is InChI=1S/C16H22N4O4S/c1-11(2)9-20-15(13(17)8-12-6-4-3-5-7-12)18-19-16(20)25(23,24)10-14(21)22/h3-7,11,13H,8-10,17H2,1-2H3,(H,21,22)/t13-/m0/s1. The summed E-state index contributed by atoms with van der Waals surface area (Å²) in [7, 11) is -4.09. The van der Waals surface area contributed by atoms with E-state index in [4.69, 9.17) is 10.8 Å². The van der Waals surface area contributed by atoms with Crippen molar-refractivity contribution in [2.45, 2.75) is 38.0 Å². The maximum absolute atomic E-state index is 12.3. The zero-order valence-corrected chi connectivity index (χ0v) is 15.0. The van der Waals surface area contributed by atoms with E-state index >= 15 is 0 Å². The van der Waals surface area contributed by atoms with E-state index in [1.165, 1.54) is 4.57 Å². The first-order chi connectivity index (χ1) is 11.7. The SMILES string of the molecule is CC(C)Cn1c([C@@H](N)Cc2ccccc2)nnc1S(=O)(=O)CC(=O)O. The molecule has 1 heterocycles. The van der Waals surface area contributed by atoms with Crippen LogP contribution in [-0.2, 0) is 27.6 Å². The third-order valence-corrected chi connectivity index (χ3v) is 5.00. The average Bonchev–Trinajstić information content (AvgIpc) is 2.90. The first kappa shape index (κ1) is 19.1. The van der Waals surface area contributed by atoms with Gasteiger partial charge in [0.25, 0.3) is 0 Å². The van der Waals surface area contributed by atoms with Crippen LogP contribution >= 0.6 is 0 Å². The Labute approximate surface area is 146 Å². The molecule has 3 N–H and O–H groups in total. The summed E-state index contributed by atoms with van der Waals surface area (Å²) in [5, 5.41) is 16.2. The van der Waals surface area contributed by atoms with Gasteiger partial charge >= 0.3 is 5.97 Å². The summed E-state index contributed by atoms with van der Waals surface area (Å²) >= 11 is 0. The Balaban J connectivity index is 2.39. The van der Waals surface area contributed by atoms with Gasteiger partial charge in [0.2, 0.25) is 15.0 Å². The van der Waals surface area contributed by atoms with Crippen LogP contribution in [0, 0.1) is 5.92 Å². The third kappa shape index (κ3) is 4.86. The van der Waals surface area contributed by atoms with Gasteiger partial charge in [-0.3, -0.25) is 4.79 Å². The van der Waals surface area contributed by atoms with Gasteiger partial charge in [-0.15, -0.1) is 10.2 Å². The van der Waals surface area contributed by atoms with Gasteiger partial charge in [-0.2, -0.15) is 0 Å². The van der Waals surface area contributed by atoms with Crippen LogP contribution in [0.5, 0.6) is 0 Å². The fraction of sp³-hybridized carbons (Fsp3) is 0.438. The van der Waals surface area contributed by atoms with Crippen LogP contribution in [0.1, 0.15) is 31.3 Å². The summed E-state index contributed by atoms with van der Waals surface area (Å²) in [4.78, 5) is 10.8. The number of aromatic nitrogens is 3. The lowest BCUT2D eigenvalue weighted by atomic mass is 10.1. The molecule has 0 unspecified atom stereocenters. The second-order valence-electron chi connectivity index (χ2n) is 6.29. The number of carbonyl (C=O) groups is 1. The highest BCUT2D eigenvalue weighted by atomic mass is 32.2. The highest BCUT2D eigenvalue weighted by Crippen LogP contribution is 2.20. The number of carboxylic acid groups (broad SMARTS) is 1. The molecule has 2 rings (SSSR count). The molecule has 0 bridgehead atoms. The fourth-order valence-electron chi connectivity index (χ4n) is 2.53. The molecule has 25 heavy (non-hydrogen) atoms. The lowest BCUT2D eigenvalue weighted by Crippen LogP contribution is -2.24. The second kappa shape index (κ2) is 7.75. The molecule has 2 aromatic rings. The van der Waals surface area contributed by atoms with Crippen molar-refractivity contribution in [2.24, 2.45) is 11.7 Å². The van der Waals surface area contributed by atoms with Crippen LogP contribution < -0.4 is 5.73 Å². The van der Waals surface area contributed by atoms with Gasteiger partial charge in [0, 0.05) is 6.54 Å². The predicted octanol–water partition coefficient (Wildman–Crippen LogP) is 1.03. The highest BCUT2D eigenvalue weighted by Gasteiger charge is 2.29. The summed E-state index contributed by atoms with van der Waals surface area (Å²) in [6.07, 6.45) is 0.468. The molecule has 0 aliphatic heterocycles. The lowest BCUT2D eigenvalue weighted by Gasteiger charge is -2.16. The Hall–Kier alpha value is -2.26. The molecular weight excluding hydrogens is 344 g/mol. The molecule has 0 aliphatic rings. The van der Waals surface area contributed by atoms with E-state index in [1.54, 1.807) is 0 Å². The molecule has 0 saturated heterocycles. The number of nitrogens with two attached hydrogens (primary N) is 1. The molecule has 1 aromatic carbocycles. The van der Waals surface area contributed by atoms with Gasteiger partial charge in [-0.25, -0.2) is 8.42 Å². The van der Waals surface area contributed by atoms with Crippen LogP contribution in [-0.4, -0.2) is 40.0 Å². The maximum atomic E-state index is 12.3. The minimum absolute atomic E-state index is 0.109. The van der Waals surface area contributed by atoms with E-state index in [-0.39, 0.29) is 11.1 Å². The third-order valence-electron chi connectivity index (χ3n) is 3.51. The van der Waals surface area contributed by atoms with Crippen molar-refractivity contribution in [1.29, 1.82) is 0 Å². The molecule has 1 atom stereocenters. The van der Waals surface area contributed by atoms with Gasteiger partial charge in [-0.05, 0) is 17.9 Å². The normalized spacial score (nSPS) is 13.1. The van der Waals surface area contributed by atoms with Crippen LogP contribution in [0.4, 0.5) is 0 Å². The molecule has 0 fully saturated rings. The molecule has 0 aliphatic carbocycles. The van der Waals surface area contributed by atoms with Gasteiger partial charge in [-0.1, -0.05) is 44.2 Å². The molecule has 8 nitrogen and oxygen atoms in total. The molecule has 0 spiro atoms. The van der Waals surface area contributed by atoms with Crippen molar-refractivity contribution in [3.63, 3.8) is 0 Å². The average molecular weight is 366 g/mol. The van der Waals surface area contributed by atoms with Gasteiger partial charge in [0.05, 0.1) is 6.04 Å². The molecule has 1 aromatic heterocycles. The number of hydrogen-bond acceptors (Lipinski definition) is 6.